The van der Waals surface area contributed by atoms with E-state index in [4.69, 9.17) is 0 Å². The molecule has 1 heterocycles. The molecule has 0 bridgehead atoms. The van der Waals surface area contributed by atoms with Crippen molar-refractivity contribution >= 4 is 55.2 Å². The molecule has 0 saturated carbocycles. The Morgan fingerprint density at radius 3 is 1.93 bits per heavy atom. The average Bonchev–Trinajstić information content (AvgIpc) is 3.46. The van der Waals surface area contributed by atoms with E-state index in [9.17, 15) is 0 Å². The van der Waals surface area contributed by atoms with E-state index < -0.39 is 0 Å². The first kappa shape index (κ1) is 26.6. The summed E-state index contributed by atoms with van der Waals surface area (Å²) in [5.74, 6) is 0. The van der Waals surface area contributed by atoms with E-state index >= 15 is 0 Å². The number of allylic oxidation sites excluding steroid dienone is 4. The Labute approximate surface area is 253 Å². The summed E-state index contributed by atoms with van der Waals surface area (Å²) >= 11 is 0. The molecule has 8 rings (SSSR count). The molecule has 0 atom stereocenters. The van der Waals surface area contributed by atoms with E-state index in [1.54, 1.807) is 0 Å². The maximum absolute atomic E-state index is 2.43. The smallest absolute Gasteiger partial charge is 0.0777 e. The van der Waals surface area contributed by atoms with Gasteiger partial charge in [-0.05, 0) is 64.9 Å². The second-order valence-electron chi connectivity index (χ2n) is 10.9. The van der Waals surface area contributed by atoms with Crippen molar-refractivity contribution in [1.82, 2.24) is 4.57 Å². The van der Waals surface area contributed by atoms with Gasteiger partial charge < -0.3 is 9.47 Å². The zero-order valence-electron chi connectivity index (χ0n) is 23.3. The van der Waals surface area contributed by atoms with Crippen LogP contribution in [0.2, 0.25) is 0 Å². The largest absolute Gasteiger partial charge is 0.314 e. The van der Waals surface area contributed by atoms with Crippen molar-refractivity contribution in [2.75, 3.05) is 4.90 Å². The number of hydrogen-bond donors (Lipinski definition) is 0. The molecule has 1 aliphatic carbocycles. The van der Waals surface area contributed by atoms with Gasteiger partial charge in [0.15, 0.2) is 0 Å². The van der Waals surface area contributed by atoms with E-state index in [0.29, 0.717) is 0 Å². The molecule has 0 spiro atoms. The van der Waals surface area contributed by atoms with Gasteiger partial charge in [0.2, 0.25) is 0 Å². The molecule has 7 aromatic rings. The van der Waals surface area contributed by atoms with E-state index in [0.717, 1.165) is 24.2 Å². The molecule has 0 fully saturated rings. The third-order valence-electron chi connectivity index (χ3n) is 8.40. The van der Waals surface area contributed by atoms with Crippen molar-refractivity contribution in [3.8, 4) is 11.1 Å². The average molecular weight is 555 g/mol. The summed E-state index contributed by atoms with van der Waals surface area (Å²) in [4.78, 5) is 2.43. The van der Waals surface area contributed by atoms with Gasteiger partial charge in [-0.1, -0.05) is 129 Å². The van der Waals surface area contributed by atoms with Crippen molar-refractivity contribution in [3.63, 3.8) is 0 Å². The molecule has 0 unspecified atom stereocenters. The minimum absolute atomic E-state index is 0. The Morgan fingerprint density at radius 1 is 0.512 bits per heavy atom. The normalized spacial score (nSPS) is 12.8. The number of hydrogen-bond acceptors (Lipinski definition) is 1. The van der Waals surface area contributed by atoms with Crippen LogP contribution in [0.5, 0.6) is 0 Å². The first-order chi connectivity index (χ1) is 20.9. The van der Waals surface area contributed by atoms with E-state index in [1.807, 2.05) is 0 Å². The van der Waals surface area contributed by atoms with Crippen LogP contribution < -0.4 is 4.90 Å². The molecule has 0 aliphatic heterocycles. The topological polar surface area (TPSA) is 8.17 Å². The fourth-order valence-electron chi connectivity index (χ4n) is 6.49. The highest BCUT2D eigenvalue weighted by Gasteiger charge is 2.23. The highest BCUT2D eigenvalue weighted by molar-refractivity contribution is 6.12. The highest BCUT2D eigenvalue weighted by atomic mass is 15.2. The van der Waals surface area contributed by atoms with Crippen molar-refractivity contribution < 1.29 is 0 Å². The van der Waals surface area contributed by atoms with Crippen molar-refractivity contribution in [2.45, 2.75) is 20.3 Å². The molecule has 1 aliphatic rings. The quantitative estimate of drug-likeness (QED) is 0.205. The SMILES string of the molecule is C.C1=CC(n2cc(-c3cccc4ccccc34)c3cccc(N(c4ccccc4)c4cccc5ccccc45)c32)=CCC1. The summed E-state index contributed by atoms with van der Waals surface area (Å²) in [6.45, 7) is 0. The lowest BCUT2D eigenvalue weighted by Crippen LogP contribution is -2.12. The number of rotatable bonds is 5. The van der Waals surface area contributed by atoms with Gasteiger partial charge in [0.1, 0.15) is 0 Å². The molecule has 1 aromatic heterocycles. The monoisotopic (exact) mass is 554 g/mol. The molecular weight excluding hydrogens is 520 g/mol. The van der Waals surface area contributed by atoms with Crippen LogP contribution in [0.1, 0.15) is 20.3 Å². The van der Waals surface area contributed by atoms with E-state index in [-0.39, 0.29) is 7.43 Å². The molecule has 6 aromatic carbocycles. The highest BCUT2D eigenvalue weighted by Crippen LogP contribution is 2.46. The van der Waals surface area contributed by atoms with Crippen LogP contribution >= 0.6 is 0 Å². The zero-order chi connectivity index (χ0) is 27.9. The molecule has 0 saturated heterocycles. The summed E-state index contributed by atoms with van der Waals surface area (Å²) in [7, 11) is 0. The zero-order valence-corrected chi connectivity index (χ0v) is 23.3. The molecular formula is C41H34N2. The summed E-state index contributed by atoms with van der Waals surface area (Å²) in [6, 6.07) is 48.1. The maximum Gasteiger partial charge on any atom is 0.0777 e. The Morgan fingerprint density at radius 2 is 1.14 bits per heavy atom. The predicted molar refractivity (Wildman–Crippen MR) is 186 cm³/mol. The third kappa shape index (κ3) is 4.52. The fourth-order valence-corrected chi connectivity index (χ4v) is 6.49. The van der Waals surface area contributed by atoms with Crippen LogP contribution in [0.4, 0.5) is 17.1 Å². The van der Waals surface area contributed by atoms with Gasteiger partial charge in [-0.25, -0.2) is 0 Å². The lowest BCUT2D eigenvalue weighted by molar-refractivity contribution is 1.01. The molecule has 0 N–H and O–H groups in total. The minimum Gasteiger partial charge on any atom is -0.314 e. The van der Waals surface area contributed by atoms with Crippen molar-refractivity contribution in [1.29, 1.82) is 0 Å². The summed E-state index contributed by atoms with van der Waals surface area (Å²) in [5.41, 5.74) is 8.38. The number of anilines is 3. The summed E-state index contributed by atoms with van der Waals surface area (Å²) < 4.78 is 2.42. The van der Waals surface area contributed by atoms with E-state index in [2.05, 4.69) is 167 Å². The number of nitrogens with zero attached hydrogens (tertiary/aromatic N) is 2. The standard InChI is InChI=1S/C40H30N2.CH4/c1-3-18-31(19-4-1)41-28-37(35-24-11-16-29-14-7-9-22-33(29)35)36-25-13-27-39(40(36)41)42(32-20-5-2-6-21-32)38-26-12-17-30-15-8-10-23-34(30)38;/h2-3,5-28H,1,4H2;1H4. The van der Waals surface area contributed by atoms with Gasteiger partial charge in [0.05, 0.1) is 16.9 Å². The van der Waals surface area contributed by atoms with Gasteiger partial charge in [-0.15, -0.1) is 0 Å². The molecule has 43 heavy (non-hydrogen) atoms. The third-order valence-corrected chi connectivity index (χ3v) is 8.40. The number of fused-ring (bicyclic) bond motifs is 3. The number of aromatic nitrogens is 1. The molecule has 208 valence electrons. The van der Waals surface area contributed by atoms with Crippen LogP contribution in [0.15, 0.2) is 158 Å². The second-order valence-corrected chi connectivity index (χ2v) is 10.9. The predicted octanol–water partition coefficient (Wildman–Crippen LogP) is 11.9. The number of benzene rings is 6. The Hall–Kier alpha value is -5.34. The first-order valence-electron chi connectivity index (χ1n) is 14.7. The second kappa shape index (κ2) is 11.2. The van der Waals surface area contributed by atoms with Gasteiger partial charge >= 0.3 is 0 Å². The van der Waals surface area contributed by atoms with Gasteiger partial charge in [0, 0.05) is 33.9 Å². The molecule has 0 amide bonds. The van der Waals surface area contributed by atoms with Crippen LogP contribution in [0.25, 0.3) is 49.3 Å². The van der Waals surface area contributed by atoms with Crippen LogP contribution in [-0.2, 0) is 0 Å². The summed E-state index contributed by atoms with van der Waals surface area (Å²) in [5, 5.41) is 6.22. The Kier molecular flexibility index (Phi) is 6.89. The Balaban J connectivity index is 0.00000300. The summed E-state index contributed by atoms with van der Waals surface area (Å²) in [6.07, 6.45) is 11.4. The lowest BCUT2D eigenvalue weighted by atomic mass is 9.97. The van der Waals surface area contributed by atoms with Crippen molar-refractivity contribution in [3.05, 3.63) is 158 Å². The molecule has 2 heteroatoms. The van der Waals surface area contributed by atoms with Crippen LogP contribution in [0.3, 0.4) is 0 Å². The van der Waals surface area contributed by atoms with Crippen molar-refractivity contribution in [2.24, 2.45) is 0 Å². The minimum atomic E-state index is 0. The fraction of sp³-hybridized carbons (Fsp3) is 0.0732. The van der Waals surface area contributed by atoms with Gasteiger partial charge in [-0.3, -0.25) is 0 Å². The molecule has 2 nitrogen and oxygen atoms in total. The lowest BCUT2D eigenvalue weighted by Gasteiger charge is -2.28. The Bertz CT molecular complexity index is 2140. The van der Waals surface area contributed by atoms with Crippen LogP contribution in [0, 0.1) is 0 Å². The number of para-hydroxylation sites is 2. The first-order valence-corrected chi connectivity index (χ1v) is 14.7. The van der Waals surface area contributed by atoms with Crippen LogP contribution in [-0.4, -0.2) is 4.57 Å². The van der Waals surface area contributed by atoms with Gasteiger partial charge in [0.25, 0.3) is 0 Å². The van der Waals surface area contributed by atoms with E-state index in [1.165, 1.54) is 55.0 Å². The van der Waals surface area contributed by atoms with Gasteiger partial charge in [-0.2, -0.15) is 0 Å². The maximum atomic E-state index is 2.43. The molecule has 0 radical (unpaired) electrons.